The van der Waals surface area contributed by atoms with Gasteiger partial charge in [0.1, 0.15) is 10.8 Å². The van der Waals surface area contributed by atoms with Gasteiger partial charge in [0.2, 0.25) is 0 Å². The maximum atomic E-state index is 10.6. The Balaban J connectivity index is 3.29. The number of carbonyl (C=O) groups excluding carboxylic acids is 1. The van der Waals surface area contributed by atoms with Gasteiger partial charge in [0.15, 0.2) is 0 Å². The van der Waals surface area contributed by atoms with Gasteiger partial charge in [-0.05, 0) is 30.2 Å². The summed E-state index contributed by atoms with van der Waals surface area (Å²) in [4.78, 5) is 10.6. The van der Waals surface area contributed by atoms with Crippen molar-refractivity contribution in [1.82, 2.24) is 0 Å². The first kappa shape index (κ1) is 11.6. The second kappa shape index (κ2) is 4.83. The maximum Gasteiger partial charge on any atom is 0.150 e. The molecule has 0 aliphatic rings. The normalized spacial score (nSPS) is 9.71. The minimum atomic E-state index is -0.00545. The lowest BCUT2D eigenvalue weighted by Gasteiger charge is -2.02. The molecule has 14 heavy (non-hydrogen) atoms. The van der Waals surface area contributed by atoms with Gasteiger partial charge in [-0.1, -0.05) is 40.9 Å². The van der Waals surface area contributed by atoms with Crippen LogP contribution in [0.3, 0.4) is 0 Å². The molecular weight excluding hydrogens is 242 g/mol. The molecule has 1 nitrogen and oxygen atoms in total. The van der Waals surface area contributed by atoms with Gasteiger partial charge >= 0.3 is 0 Å². The molecule has 0 atom stereocenters. The zero-order valence-electron chi connectivity index (χ0n) is 7.35. The van der Waals surface area contributed by atoms with Crippen LogP contribution in [0.2, 0.25) is 0 Å². The molecule has 0 unspecified atom stereocenters. The van der Waals surface area contributed by atoms with E-state index < -0.39 is 0 Å². The van der Waals surface area contributed by atoms with Crippen LogP contribution < -0.4 is 0 Å². The van der Waals surface area contributed by atoms with Gasteiger partial charge < -0.3 is 0 Å². The number of hydrogen-bond donors (Lipinski definition) is 0. The molecule has 0 aliphatic carbocycles. The molecule has 1 aromatic rings. The lowest BCUT2D eigenvalue weighted by atomic mass is 10.1. The van der Waals surface area contributed by atoms with Gasteiger partial charge in [0.25, 0.3) is 0 Å². The summed E-state index contributed by atoms with van der Waals surface area (Å²) in [5.74, 6) is 0. The Hall–Kier alpha value is -0.500. The van der Waals surface area contributed by atoms with E-state index in [0.717, 1.165) is 11.8 Å². The number of aryl methyl sites for hydroxylation is 1. The van der Waals surface area contributed by atoms with E-state index >= 15 is 0 Å². The number of hydrogen-bond acceptors (Lipinski definition) is 1. The Morgan fingerprint density at radius 3 is 2.36 bits per heavy atom. The third-order valence-electron chi connectivity index (χ3n) is 1.66. The van der Waals surface area contributed by atoms with E-state index in [1.54, 1.807) is 18.2 Å². The van der Waals surface area contributed by atoms with Crippen molar-refractivity contribution in [3.05, 3.63) is 39.4 Å². The van der Waals surface area contributed by atoms with Crippen LogP contribution in [0.4, 0.5) is 0 Å². The van der Waals surface area contributed by atoms with Crippen molar-refractivity contribution in [2.75, 3.05) is 0 Å². The molecule has 74 valence electrons. The van der Waals surface area contributed by atoms with E-state index in [9.17, 15) is 4.79 Å². The number of aldehydes is 1. The van der Waals surface area contributed by atoms with Gasteiger partial charge in [-0.2, -0.15) is 0 Å². The lowest BCUT2D eigenvalue weighted by Crippen LogP contribution is -1.86. The van der Waals surface area contributed by atoms with Crippen LogP contribution in [-0.4, -0.2) is 6.29 Å². The van der Waals surface area contributed by atoms with Crippen molar-refractivity contribution < 1.29 is 4.79 Å². The Kier molecular flexibility index (Phi) is 3.99. The van der Waals surface area contributed by atoms with E-state index in [1.807, 2.05) is 6.92 Å². The third-order valence-corrected chi connectivity index (χ3v) is 2.63. The predicted molar refractivity (Wildman–Crippen MR) is 61.0 cm³/mol. The first-order valence-corrected chi connectivity index (χ1v) is 4.96. The molecule has 0 N–H and O–H groups in total. The highest BCUT2D eigenvalue weighted by Crippen LogP contribution is 2.28. The molecule has 0 radical (unpaired) electrons. The molecule has 0 fully saturated rings. The molecule has 0 heterocycles. The SMILES string of the molecule is Cc1cc(C=O)cc(C(Cl)=C(Cl)Cl)c1. The highest BCUT2D eigenvalue weighted by molar-refractivity contribution is 6.66. The van der Waals surface area contributed by atoms with E-state index in [4.69, 9.17) is 34.8 Å². The van der Waals surface area contributed by atoms with Crippen molar-refractivity contribution in [3.63, 3.8) is 0 Å². The second-order valence-corrected chi connectivity index (χ2v) is 4.15. The molecule has 1 aromatic carbocycles. The van der Waals surface area contributed by atoms with Gasteiger partial charge in [-0.15, -0.1) is 0 Å². The molecule has 0 bridgehead atoms. The fourth-order valence-corrected chi connectivity index (χ4v) is 1.44. The average molecular weight is 250 g/mol. The van der Waals surface area contributed by atoms with E-state index in [0.29, 0.717) is 11.1 Å². The van der Waals surface area contributed by atoms with Crippen LogP contribution in [-0.2, 0) is 0 Å². The van der Waals surface area contributed by atoms with E-state index in [-0.39, 0.29) is 9.52 Å². The number of halogens is 3. The standard InChI is InChI=1S/C10H7Cl3O/c1-6-2-7(5-14)4-8(3-6)9(11)10(12)13/h2-5H,1H3. The Morgan fingerprint density at radius 1 is 1.21 bits per heavy atom. The summed E-state index contributed by atoms with van der Waals surface area (Å²) >= 11 is 16.9. The Morgan fingerprint density at radius 2 is 1.86 bits per heavy atom. The number of benzene rings is 1. The molecule has 0 saturated heterocycles. The van der Waals surface area contributed by atoms with Crippen molar-refractivity contribution in [2.24, 2.45) is 0 Å². The van der Waals surface area contributed by atoms with E-state index in [2.05, 4.69) is 0 Å². The van der Waals surface area contributed by atoms with Crippen molar-refractivity contribution in [2.45, 2.75) is 6.92 Å². The van der Waals surface area contributed by atoms with Crippen LogP contribution in [0.5, 0.6) is 0 Å². The smallest absolute Gasteiger partial charge is 0.150 e. The molecule has 0 aromatic heterocycles. The zero-order chi connectivity index (χ0) is 10.7. The summed E-state index contributed by atoms with van der Waals surface area (Å²) in [6.45, 7) is 1.86. The predicted octanol–water partition coefficient (Wildman–Crippen LogP) is 4.15. The van der Waals surface area contributed by atoms with Crippen LogP contribution in [0.15, 0.2) is 22.7 Å². The van der Waals surface area contributed by atoms with Gasteiger partial charge in [-0.3, -0.25) is 4.79 Å². The Bertz CT molecular complexity index is 392. The topological polar surface area (TPSA) is 17.1 Å². The maximum absolute atomic E-state index is 10.6. The fourth-order valence-electron chi connectivity index (χ4n) is 1.12. The van der Waals surface area contributed by atoms with Crippen LogP contribution in [0.25, 0.3) is 5.03 Å². The Labute approximate surface area is 97.3 Å². The summed E-state index contributed by atoms with van der Waals surface area (Å²) in [6, 6.07) is 5.19. The summed E-state index contributed by atoms with van der Waals surface area (Å²) in [6.07, 6.45) is 0.753. The minimum absolute atomic E-state index is 0.00545. The molecule has 1 rings (SSSR count). The largest absolute Gasteiger partial charge is 0.298 e. The molecular formula is C10H7Cl3O. The highest BCUT2D eigenvalue weighted by atomic mass is 35.5. The number of carbonyl (C=O) groups is 1. The van der Waals surface area contributed by atoms with E-state index in [1.165, 1.54) is 0 Å². The summed E-state index contributed by atoms with van der Waals surface area (Å²) in [5.41, 5.74) is 2.12. The van der Waals surface area contributed by atoms with Crippen LogP contribution in [0, 0.1) is 6.92 Å². The van der Waals surface area contributed by atoms with Crippen LogP contribution >= 0.6 is 34.8 Å². The third kappa shape index (κ3) is 2.74. The summed E-state index contributed by atoms with van der Waals surface area (Å²) < 4.78 is -0.00545. The van der Waals surface area contributed by atoms with Gasteiger partial charge in [-0.25, -0.2) is 0 Å². The summed E-state index contributed by atoms with van der Waals surface area (Å²) in [5, 5.41) is 0.250. The molecule has 0 aliphatic heterocycles. The molecule has 0 saturated carbocycles. The van der Waals surface area contributed by atoms with Crippen molar-refractivity contribution in [3.8, 4) is 0 Å². The second-order valence-electron chi connectivity index (χ2n) is 2.82. The zero-order valence-corrected chi connectivity index (χ0v) is 9.62. The van der Waals surface area contributed by atoms with Crippen LogP contribution in [0.1, 0.15) is 21.5 Å². The minimum Gasteiger partial charge on any atom is -0.298 e. The first-order chi connectivity index (χ1) is 6.54. The van der Waals surface area contributed by atoms with Crippen molar-refractivity contribution in [1.29, 1.82) is 0 Å². The molecule has 0 amide bonds. The van der Waals surface area contributed by atoms with Gasteiger partial charge in [0, 0.05) is 5.56 Å². The number of rotatable bonds is 2. The molecule has 4 heteroatoms. The monoisotopic (exact) mass is 248 g/mol. The first-order valence-electron chi connectivity index (χ1n) is 3.82. The van der Waals surface area contributed by atoms with Crippen molar-refractivity contribution >= 4 is 46.1 Å². The summed E-state index contributed by atoms with van der Waals surface area (Å²) in [7, 11) is 0. The lowest BCUT2D eigenvalue weighted by molar-refractivity contribution is 0.112. The molecule has 0 spiro atoms. The average Bonchev–Trinajstić information content (AvgIpc) is 2.15. The van der Waals surface area contributed by atoms with Gasteiger partial charge in [0.05, 0.1) is 5.03 Å². The fraction of sp³-hybridized carbons (Fsp3) is 0.100. The quantitative estimate of drug-likeness (QED) is 0.720. The highest BCUT2D eigenvalue weighted by Gasteiger charge is 2.05.